The first-order valence-corrected chi connectivity index (χ1v) is 10.9. The predicted molar refractivity (Wildman–Crippen MR) is 124 cm³/mol. The number of ether oxygens (including phenoxy) is 3. The quantitative estimate of drug-likeness (QED) is 0.316. The number of carbonyl (C=O) groups is 1. The van der Waals surface area contributed by atoms with Crippen molar-refractivity contribution < 1.29 is 37.3 Å². The van der Waals surface area contributed by atoms with Crippen LogP contribution in [-0.4, -0.2) is 25.2 Å². The SMILES string of the molecule is COc1cc2sc(/C=C(/C(=O)[O-])c3ccncc3)c(Oc3ccc(C(F)(F)F)cc3)c2cc1OC. The van der Waals surface area contributed by atoms with Gasteiger partial charge in [0.1, 0.15) is 5.75 Å². The minimum atomic E-state index is -4.49. The highest BCUT2D eigenvalue weighted by Crippen LogP contribution is 2.46. The number of rotatable bonds is 7. The number of carbonyl (C=O) groups excluding carboxylic acids is 1. The average Bonchev–Trinajstić information content (AvgIpc) is 3.17. The van der Waals surface area contributed by atoms with E-state index in [4.69, 9.17) is 14.2 Å². The normalized spacial score (nSPS) is 12.0. The van der Waals surface area contributed by atoms with Gasteiger partial charge in [0.25, 0.3) is 0 Å². The van der Waals surface area contributed by atoms with Crippen molar-refractivity contribution in [1.82, 2.24) is 4.98 Å². The highest BCUT2D eigenvalue weighted by molar-refractivity contribution is 7.20. The van der Waals surface area contributed by atoms with Crippen molar-refractivity contribution in [3.8, 4) is 23.0 Å². The molecule has 2 heterocycles. The second-order valence-corrected chi connectivity index (χ2v) is 8.29. The number of carboxylic acid groups (broad SMARTS) is 1. The molecule has 0 unspecified atom stereocenters. The number of aliphatic carboxylic acids is 1. The van der Waals surface area contributed by atoms with Gasteiger partial charge in [-0.3, -0.25) is 4.98 Å². The maximum Gasteiger partial charge on any atom is 0.416 e. The summed E-state index contributed by atoms with van der Waals surface area (Å²) in [7, 11) is 2.94. The zero-order chi connectivity index (χ0) is 25.2. The molecule has 2 aromatic heterocycles. The molecular formula is C25H17F3NO5S-. The second-order valence-electron chi connectivity index (χ2n) is 7.20. The molecule has 0 N–H and O–H groups in total. The number of thiophene rings is 1. The van der Waals surface area contributed by atoms with E-state index in [-0.39, 0.29) is 17.1 Å². The van der Waals surface area contributed by atoms with Crippen LogP contribution in [0.1, 0.15) is 16.0 Å². The minimum Gasteiger partial charge on any atom is -0.545 e. The third kappa shape index (κ3) is 5.07. The van der Waals surface area contributed by atoms with Crippen molar-refractivity contribution in [2.24, 2.45) is 0 Å². The van der Waals surface area contributed by atoms with Gasteiger partial charge in [-0.15, -0.1) is 11.3 Å². The number of aromatic nitrogens is 1. The summed E-state index contributed by atoms with van der Waals surface area (Å²) in [5, 5.41) is 12.5. The van der Waals surface area contributed by atoms with E-state index in [1.165, 1.54) is 68.3 Å². The molecule has 10 heteroatoms. The lowest BCUT2D eigenvalue weighted by atomic mass is 10.1. The van der Waals surface area contributed by atoms with Crippen LogP contribution >= 0.6 is 11.3 Å². The number of halogens is 3. The van der Waals surface area contributed by atoms with E-state index >= 15 is 0 Å². The second kappa shape index (κ2) is 9.67. The van der Waals surface area contributed by atoms with Gasteiger partial charge >= 0.3 is 6.18 Å². The average molecular weight is 500 g/mol. The predicted octanol–water partition coefficient (Wildman–Crippen LogP) is 5.42. The largest absolute Gasteiger partial charge is 0.545 e. The first-order valence-electron chi connectivity index (χ1n) is 10.1. The molecule has 0 aliphatic heterocycles. The summed E-state index contributed by atoms with van der Waals surface area (Å²) in [6.07, 6.45) is -0.189. The molecule has 0 saturated carbocycles. The van der Waals surface area contributed by atoms with Gasteiger partial charge in [-0.25, -0.2) is 0 Å². The van der Waals surface area contributed by atoms with Crippen molar-refractivity contribution in [2.75, 3.05) is 14.2 Å². The van der Waals surface area contributed by atoms with Crippen molar-refractivity contribution in [1.29, 1.82) is 0 Å². The molecule has 4 aromatic rings. The lowest BCUT2D eigenvalue weighted by Gasteiger charge is -2.12. The van der Waals surface area contributed by atoms with Crippen molar-refractivity contribution in [3.05, 3.63) is 76.9 Å². The lowest BCUT2D eigenvalue weighted by Crippen LogP contribution is -2.23. The fraction of sp³-hybridized carbons (Fsp3) is 0.120. The van der Waals surface area contributed by atoms with Gasteiger partial charge in [0.15, 0.2) is 17.2 Å². The molecule has 0 spiro atoms. The van der Waals surface area contributed by atoms with Crippen LogP contribution in [0.25, 0.3) is 21.7 Å². The van der Waals surface area contributed by atoms with Gasteiger partial charge in [-0.2, -0.15) is 13.2 Å². The number of hydrogen-bond acceptors (Lipinski definition) is 7. The summed E-state index contributed by atoms with van der Waals surface area (Å²) in [5.41, 5.74) is -0.563. The number of nitrogens with zero attached hydrogens (tertiary/aromatic N) is 1. The van der Waals surface area contributed by atoms with Crippen molar-refractivity contribution >= 4 is 39.0 Å². The van der Waals surface area contributed by atoms with E-state index in [0.29, 0.717) is 32.0 Å². The molecule has 0 saturated heterocycles. The summed E-state index contributed by atoms with van der Waals surface area (Å²) in [6, 6.07) is 10.6. The van der Waals surface area contributed by atoms with Gasteiger partial charge in [0, 0.05) is 34.1 Å². The van der Waals surface area contributed by atoms with Gasteiger partial charge in [-0.05, 0) is 54.1 Å². The number of hydrogen-bond donors (Lipinski definition) is 0. The van der Waals surface area contributed by atoms with Crippen LogP contribution in [-0.2, 0) is 11.0 Å². The minimum absolute atomic E-state index is 0.116. The van der Waals surface area contributed by atoms with Crippen LogP contribution < -0.4 is 19.3 Å². The Kier molecular flexibility index (Phi) is 6.65. The van der Waals surface area contributed by atoms with Gasteiger partial charge in [-0.1, -0.05) is 0 Å². The van der Waals surface area contributed by atoms with E-state index in [9.17, 15) is 23.1 Å². The monoisotopic (exact) mass is 500 g/mol. The van der Waals surface area contributed by atoms with E-state index in [2.05, 4.69) is 4.98 Å². The molecule has 35 heavy (non-hydrogen) atoms. The number of alkyl halides is 3. The smallest absolute Gasteiger partial charge is 0.416 e. The van der Waals surface area contributed by atoms with Crippen LogP contribution in [0.3, 0.4) is 0 Å². The Labute approximate surface area is 201 Å². The van der Waals surface area contributed by atoms with Crippen molar-refractivity contribution in [3.63, 3.8) is 0 Å². The van der Waals surface area contributed by atoms with Crippen LogP contribution in [0.5, 0.6) is 23.0 Å². The number of carboxylic acids is 1. The Morgan fingerprint density at radius 1 is 1.00 bits per heavy atom. The maximum absolute atomic E-state index is 13.0. The van der Waals surface area contributed by atoms with Gasteiger partial charge in [0.2, 0.25) is 0 Å². The van der Waals surface area contributed by atoms with Gasteiger partial charge in [0.05, 0.1) is 30.6 Å². The molecule has 6 nitrogen and oxygen atoms in total. The summed E-state index contributed by atoms with van der Waals surface area (Å²) in [5.74, 6) is -0.171. The number of benzene rings is 2. The Bertz CT molecular complexity index is 1400. The van der Waals surface area contributed by atoms with E-state index in [0.717, 1.165) is 12.1 Å². The Hall–Kier alpha value is -4.05. The highest BCUT2D eigenvalue weighted by Gasteiger charge is 2.30. The first kappa shape index (κ1) is 24.1. The molecule has 0 aliphatic carbocycles. The van der Waals surface area contributed by atoms with E-state index in [1.54, 1.807) is 12.1 Å². The standard InChI is InChI=1S/C25H18F3NO5S/c1-32-19-11-18-21(13-20(19)33-2)35-22(12-17(24(30)31)14-7-9-29-10-8-14)23(18)34-16-5-3-15(4-6-16)25(26,27)28/h3-13H,1-2H3,(H,30,31)/p-1/b17-12+. The molecule has 2 aromatic carbocycles. The molecule has 4 rings (SSSR count). The van der Waals surface area contributed by atoms with E-state index in [1.807, 2.05) is 0 Å². The fourth-order valence-electron chi connectivity index (χ4n) is 3.37. The molecular weight excluding hydrogens is 483 g/mol. The molecule has 0 amide bonds. The Balaban J connectivity index is 1.89. The Morgan fingerprint density at radius 2 is 1.63 bits per heavy atom. The topological polar surface area (TPSA) is 80.7 Å². The third-order valence-electron chi connectivity index (χ3n) is 5.06. The third-order valence-corrected chi connectivity index (χ3v) is 6.14. The molecule has 0 fully saturated rings. The zero-order valence-electron chi connectivity index (χ0n) is 18.4. The molecule has 0 aliphatic rings. The summed E-state index contributed by atoms with van der Waals surface area (Å²) in [6.45, 7) is 0. The first-order chi connectivity index (χ1) is 16.7. The fourth-order valence-corrected chi connectivity index (χ4v) is 4.46. The summed E-state index contributed by atoms with van der Waals surface area (Å²) < 4.78 is 56.3. The molecule has 0 radical (unpaired) electrons. The van der Waals surface area contributed by atoms with Crippen LogP contribution in [0.4, 0.5) is 13.2 Å². The summed E-state index contributed by atoms with van der Waals surface area (Å²) >= 11 is 1.22. The Morgan fingerprint density at radius 3 is 2.20 bits per heavy atom. The number of pyridine rings is 1. The number of methoxy groups -OCH3 is 2. The highest BCUT2D eigenvalue weighted by atomic mass is 32.1. The zero-order valence-corrected chi connectivity index (χ0v) is 19.2. The molecule has 0 atom stereocenters. The van der Waals surface area contributed by atoms with E-state index < -0.39 is 17.7 Å². The van der Waals surface area contributed by atoms with Crippen LogP contribution in [0, 0.1) is 0 Å². The molecule has 180 valence electrons. The maximum atomic E-state index is 13.0. The number of fused-ring (bicyclic) bond motifs is 1. The molecule has 0 bridgehead atoms. The summed E-state index contributed by atoms with van der Waals surface area (Å²) in [4.78, 5) is 16.2. The van der Waals surface area contributed by atoms with Gasteiger partial charge < -0.3 is 24.1 Å². The van der Waals surface area contributed by atoms with Crippen LogP contribution in [0.15, 0.2) is 60.9 Å². The van der Waals surface area contributed by atoms with Crippen molar-refractivity contribution in [2.45, 2.75) is 6.18 Å². The van der Waals surface area contributed by atoms with Crippen LogP contribution in [0.2, 0.25) is 0 Å². The lowest BCUT2D eigenvalue weighted by molar-refractivity contribution is -0.295.